The number of benzene rings is 3. The van der Waals surface area contributed by atoms with Crippen molar-refractivity contribution >= 4 is 38.9 Å². The minimum Gasteiger partial charge on any atom is -0.368 e. The fourth-order valence-corrected chi connectivity index (χ4v) is 5.29. The maximum Gasteiger partial charge on any atom is 0.264 e. The second kappa shape index (κ2) is 9.80. The molecule has 3 aromatic rings. The molecule has 1 aliphatic rings. The highest BCUT2D eigenvalue weighted by Gasteiger charge is 2.30. The molecule has 0 aromatic heterocycles. The molecule has 0 radical (unpaired) electrons. The van der Waals surface area contributed by atoms with Gasteiger partial charge in [0.05, 0.1) is 10.6 Å². The van der Waals surface area contributed by atoms with Crippen molar-refractivity contribution in [2.24, 2.45) is 0 Å². The second-order valence-corrected chi connectivity index (χ2v) is 9.94. The molecule has 33 heavy (non-hydrogen) atoms. The van der Waals surface area contributed by atoms with Crippen LogP contribution in [0, 0.1) is 5.82 Å². The van der Waals surface area contributed by atoms with Crippen LogP contribution in [0.4, 0.5) is 15.8 Å². The van der Waals surface area contributed by atoms with Crippen LogP contribution in [-0.4, -0.2) is 51.9 Å². The Morgan fingerprint density at radius 2 is 1.48 bits per heavy atom. The topological polar surface area (TPSA) is 60.9 Å². The molecule has 9 heteroatoms. The largest absolute Gasteiger partial charge is 0.368 e. The highest BCUT2D eigenvalue weighted by molar-refractivity contribution is 7.92. The lowest BCUT2D eigenvalue weighted by molar-refractivity contribution is -0.129. The molecule has 1 amide bonds. The molecular weight excluding hydrogens is 465 g/mol. The van der Waals surface area contributed by atoms with Gasteiger partial charge in [-0.05, 0) is 60.7 Å². The van der Waals surface area contributed by atoms with Gasteiger partial charge in [0.15, 0.2) is 0 Å². The Labute approximate surface area is 197 Å². The molecule has 0 bridgehead atoms. The van der Waals surface area contributed by atoms with E-state index in [1.54, 1.807) is 59.5 Å². The number of rotatable bonds is 6. The van der Waals surface area contributed by atoms with Gasteiger partial charge in [0.25, 0.3) is 10.0 Å². The summed E-state index contributed by atoms with van der Waals surface area (Å²) < 4.78 is 41.1. The lowest BCUT2D eigenvalue weighted by Gasteiger charge is -2.37. The zero-order valence-electron chi connectivity index (χ0n) is 17.8. The smallest absolute Gasteiger partial charge is 0.264 e. The third kappa shape index (κ3) is 5.29. The maximum atomic E-state index is 13.4. The lowest BCUT2D eigenvalue weighted by Crippen LogP contribution is -2.52. The zero-order chi connectivity index (χ0) is 23.4. The van der Waals surface area contributed by atoms with E-state index in [2.05, 4.69) is 4.90 Å². The van der Waals surface area contributed by atoms with E-state index in [9.17, 15) is 17.6 Å². The number of hydrogen-bond acceptors (Lipinski definition) is 4. The van der Waals surface area contributed by atoms with Gasteiger partial charge in [0.1, 0.15) is 12.4 Å². The molecule has 0 unspecified atom stereocenters. The van der Waals surface area contributed by atoms with Crippen LogP contribution < -0.4 is 9.21 Å². The van der Waals surface area contributed by atoms with Crippen LogP contribution in [0.1, 0.15) is 0 Å². The molecule has 1 saturated heterocycles. The van der Waals surface area contributed by atoms with Gasteiger partial charge in [-0.15, -0.1) is 0 Å². The van der Waals surface area contributed by atoms with Crippen molar-refractivity contribution in [3.8, 4) is 0 Å². The highest BCUT2D eigenvalue weighted by atomic mass is 35.5. The van der Waals surface area contributed by atoms with Crippen LogP contribution in [0.3, 0.4) is 0 Å². The summed E-state index contributed by atoms with van der Waals surface area (Å²) in [5, 5.41) is 0.471. The molecule has 6 nitrogen and oxygen atoms in total. The van der Waals surface area contributed by atoms with Gasteiger partial charge >= 0.3 is 0 Å². The molecule has 3 aromatic carbocycles. The van der Waals surface area contributed by atoms with E-state index in [0.717, 1.165) is 9.99 Å². The Balaban J connectivity index is 1.51. The minimum absolute atomic E-state index is 0.105. The van der Waals surface area contributed by atoms with Crippen LogP contribution in [0.25, 0.3) is 0 Å². The van der Waals surface area contributed by atoms with Gasteiger partial charge in [-0.1, -0.05) is 29.8 Å². The van der Waals surface area contributed by atoms with Crippen LogP contribution in [0.15, 0.2) is 83.8 Å². The maximum absolute atomic E-state index is 13.4. The van der Waals surface area contributed by atoms with Crippen LogP contribution in [0.2, 0.25) is 5.02 Å². The van der Waals surface area contributed by atoms with Crippen molar-refractivity contribution < 1.29 is 17.6 Å². The van der Waals surface area contributed by atoms with Gasteiger partial charge in [-0.3, -0.25) is 9.10 Å². The number of halogens is 2. The summed E-state index contributed by atoms with van der Waals surface area (Å²) in [5.74, 6) is -0.585. The normalized spacial score (nSPS) is 14.2. The van der Waals surface area contributed by atoms with E-state index in [1.165, 1.54) is 24.3 Å². The SMILES string of the molecule is O=C(CN(c1ccc(Cl)cc1)S(=O)(=O)c1ccccc1)N1CCN(c2ccc(F)cc2)CC1. The predicted octanol–water partition coefficient (Wildman–Crippen LogP) is 4.02. The number of hydrogen-bond donors (Lipinski definition) is 0. The summed E-state index contributed by atoms with van der Waals surface area (Å²) in [5.41, 5.74) is 1.25. The average molecular weight is 488 g/mol. The van der Waals surface area contributed by atoms with E-state index >= 15 is 0 Å². The number of carbonyl (C=O) groups excluding carboxylic acids is 1. The van der Waals surface area contributed by atoms with Gasteiger partial charge < -0.3 is 9.80 Å². The van der Waals surface area contributed by atoms with Gasteiger partial charge in [-0.25, -0.2) is 12.8 Å². The predicted molar refractivity (Wildman–Crippen MR) is 128 cm³/mol. The Morgan fingerprint density at radius 1 is 0.879 bits per heavy atom. The highest BCUT2D eigenvalue weighted by Crippen LogP contribution is 2.26. The Morgan fingerprint density at radius 3 is 2.09 bits per heavy atom. The summed E-state index contributed by atoms with van der Waals surface area (Å²) in [6.07, 6.45) is 0. The molecule has 0 atom stereocenters. The first-order chi connectivity index (χ1) is 15.8. The Hall–Kier alpha value is -3.10. The monoisotopic (exact) mass is 487 g/mol. The van der Waals surface area contributed by atoms with Crippen molar-refractivity contribution in [2.45, 2.75) is 4.90 Å². The van der Waals surface area contributed by atoms with Crippen LogP contribution in [-0.2, 0) is 14.8 Å². The molecule has 1 aliphatic heterocycles. The lowest BCUT2D eigenvalue weighted by atomic mass is 10.2. The summed E-state index contributed by atoms with van der Waals surface area (Å²) in [6, 6.07) is 20.6. The standard InChI is InChI=1S/C24H23ClFN3O3S/c25-19-6-10-22(11-7-19)29(33(31,32)23-4-2-1-3-5-23)18-24(30)28-16-14-27(15-17-28)21-12-8-20(26)9-13-21/h1-13H,14-18H2. The summed E-state index contributed by atoms with van der Waals surface area (Å²) in [4.78, 5) is 17.0. The fourth-order valence-electron chi connectivity index (χ4n) is 3.73. The number of piperazine rings is 1. The molecule has 172 valence electrons. The molecule has 0 spiro atoms. The second-order valence-electron chi connectivity index (χ2n) is 7.65. The Bertz CT molecular complexity index is 1200. The first-order valence-electron chi connectivity index (χ1n) is 10.5. The number of nitrogens with zero attached hydrogens (tertiary/aromatic N) is 3. The van der Waals surface area contributed by atoms with Crippen molar-refractivity contribution in [1.29, 1.82) is 0 Å². The van der Waals surface area contributed by atoms with E-state index in [0.29, 0.717) is 36.9 Å². The van der Waals surface area contributed by atoms with Crippen molar-refractivity contribution in [1.82, 2.24) is 4.90 Å². The molecule has 4 rings (SSSR count). The van der Waals surface area contributed by atoms with Crippen LogP contribution >= 0.6 is 11.6 Å². The van der Waals surface area contributed by atoms with Crippen molar-refractivity contribution in [3.05, 3.63) is 89.7 Å². The van der Waals surface area contributed by atoms with E-state index in [4.69, 9.17) is 11.6 Å². The van der Waals surface area contributed by atoms with E-state index < -0.39 is 10.0 Å². The molecule has 0 saturated carbocycles. The summed E-state index contributed by atoms with van der Waals surface area (Å²) >= 11 is 5.98. The van der Waals surface area contributed by atoms with Crippen molar-refractivity contribution in [2.75, 3.05) is 41.9 Å². The molecule has 1 heterocycles. The zero-order valence-corrected chi connectivity index (χ0v) is 19.3. The van der Waals surface area contributed by atoms with E-state index in [1.807, 2.05) is 0 Å². The summed E-state index contributed by atoms with van der Waals surface area (Å²) in [7, 11) is -3.96. The molecule has 1 fully saturated rings. The fraction of sp³-hybridized carbons (Fsp3) is 0.208. The van der Waals surface area contributed by atoms with Gasteiger partial charge in [0, 0.05) is 36.9 Å². The van der Waals surface area contributed by atoms with Gasteiger partial charge in [0.2, 0.25) is 5.91 Å². The number of anilines is 2. The van der Waals surface area contributed by atoms with E-state index in [-0.39, 0.29) is 23.2 Å². The molecule has 0 N–H and O–H groups in total. The average Bonchev–Trinajstić information content (AvgIpc) is 2.84. The third-order valence-electron chi connectivity index (χ3n) is 5.55. The number of sulfonamides is 1. The summed E-state index contributed by atoms with van der Waals surface area (Å²) in [6.45, 7) is 1.70. The van der Waals surface area contributed by atoms with Gasteiger partial charge in [-0.2, -0.15) is 0 Å². The van der Waals surface area contributed by atoms with Crippen molar-refractivity contribution in [3.63, 3.8) is 0 Å². The number of carbonyl (C=O) groups is 1. The number of amides is 1. The third-order valence-corrected chi connectivity index (χ3v) is 7.59. The molecule has 0 aliphatic carbocycles. The quantitative estimate of drug-likeness (QED) is 0.527. The first-order valence-corrected chi connectivity index (χ1v) is 12.3. The molecular formula is C24H23ClFN3O3S. The Kier molecular flexibility index (Phi) is 6.85. The van der Waals surface area contributed by atoms with Crippen LogP contribution in [0.5, 0.6) is 0 Å². The minimum atomic E-state index is -3.96. The first kappa shape index (κ1) is 23.1.